The van der Waals surface area contributed by atoms with E-state index < -0.39 is 12.1 Å². The fourth-order valence-electron chi connectivity index (χ4n) is 1.74. The number of esters is 1. The van der Waals surface area contributed by atoms with E-state index in [1.807, 2.05) is 0 Å². The van der Waals surface area contributed by atoms with Crippen LogP contribution in [0.4, 0.5) is 0 Å². The first-order chi connectivity index (χ1) is 9.01. The maximum absolute atomic E-state index is 11.1. The Bertz CT molecular complexity index is 468. The van der Waals surface area contributed by atoms with Gasteiger partial charge in [0.05, 0.1) is 14.2 Å². The number of aryl methyl sites for hydroxylation is 1. The minimum Gasteiger partial charge on any atom is -0.496 e. The summed E-state index contributed by atoms with van der Waals surface area (Å²) < 4.78 is 9.68. The normalized spacial score (nSPS) is 11.7. The number of carbonyl (C=O) groups is 2. The molecule has 0 aliphatic heterocycles. The van der Waals surface area contributed by atoms with Gasteiger partial charge in [0.15, 0.2) is 6.10 Å². The van der Waals surface area contributed by atoms with Gasteiger partial charge in [0.2, 0.25) is 0 Å². The van der Waals surface area contributed by atoms with Gasteiger partial charge in [-0.15, -0.1) is 0 Å². The first kappa shape index (κ1) is 15.0. The van der Waals surface area contributed by atoms with E-state index in [0.29, 0.717) is 12.0 Å². The lowest BCUT2D eigenvalue weighted by Crippen LogP contribution is -2.13. The number of carboxylic acid groups (broad SMARTS) is 1. The summed E-state index contributed by atoms with van der Waals surface area (Å²) >= 11 is 0. The summed E-state index contributed by atoms with van der Waals surface area (Å²) in [6.45, 7) is 0. The predicted octanol–water partition coefficient (Wildman–Crippen LogP) is 0.919. The summed E-state index contributed by atoms with van der Waals surface area (Å²) in [5.74, 6) is -1.45. The van der Waals surface area contributed by atoms with Crippen LogP contribution in [0.1, 0.15) is 23.7 Å². The molecule has 0 radical (unpaired) electrons. The molecule has 0 fully saturated rings. The van der Waals surface area contributed by atoms with E-state index in [-0.39, 0.29) is 23.7 Å². The van der Waals surface area contributed by atoms with Crippen LogP contribution < -0.4 is 4.74 Å². The van der Waals surface area contributed by atoms with Gasteiger partial charge >= 0.3 is 11.9 Å². The Hall–Kier alpha value is -2.08. The molecule has 0 aliphatic carbocycles. The Morgan fingerprint density at radius 2 is 2.00 bits per heavy atom. The summed E-state index contributed by atoms with van der Waals surface area (Å²) in [5, 5.41) is 18.4. The molecule has 6 nitrogen and oxygen atoms in total. The van der Waals surface area contributed by atoms with Gasteiger partial charge in [-0.25, -0.2) is 4.79 Å². The molecule has 104 valence electrons. The van der Waals surface area contributed by atoms with Crippen molar-refractivity contribution in [2.75, 3.05) is 14.2 Å². The molecule has 6 heteroatoms. The quantitative estimate of drug-likeness (QED) is 0.745. The maximum atomic E-state index is 11.1. The molecular weight excluding hydrogens is 252 g/mol. The van der Waals surface area contributed by atoms with Crippen LogP contribution in [0.3, 0.4) is 0 Å². The van der Waals surface area contributed by atoms with Gasteiger partial charge in [-0.3, -0.25) is 4.79 Å². The summed E-state index contributed by atoms with van der Waals surface area (Å²) in [6.07, 6.45) is -1.16. The van der Waals surface area contributed by atoms with Crippen LogP contribution >= 0.6 is 0 Å². The zero-order valence-corrected chi connectivity index (χ0v) is 10.8. The zero-order chi connectivity index (χ0) is 14.4. The van der Waals surface area contributed by atoms with E-state index in [2.05, 4.69) is 4.74 Å². The molecule has 0 aromatic heterocycles. The lowest BCUT2D eigenvalue weighted by molar-refractivity contribution is -0.147. The molecular formula is C13H16O6. The molecule has 0 amide bonds. The maximum Gasteiger partial charge on any atom is 0.337 e. The van der Waals surface area contributed by atoms with Crippen molar-refractivity contribution >= 4 is 11.9 Å². The van der Waals surface area contributed by atoms with E-state index in [1.54, 1.807) is 12.1 Å². The number of carbonyl (C=O) groups excluding carboxylic acids is 1. The predicted molar refractivity (Wildman–Crippen MR) is 65.9 cm³/mol. The lowest BCUT2D eigenvalue weighted by atomic mass is 10.0. The van der Waals surface area contributed by atoms with E-state index in [0.717, 1.165) is 0 Å². The van der Waals surface area contributed by atoms with Crippen LogP contribution in [0.5, 0.6) is 5.75 Å². The van der Waals surface area contributed by atoms with Crippen molar-refractivity contribution in [1.82, 2.24) is 0 Å². The van der Waals surface area contributed by atoms with Crippen molar-refractivity contribution in [3.8, 4) is 5.75 Å². The van der Waals surface area contributed by atoms with Gasteiger partial charge in [0.1, 0.15) is 5.75 Å². The average Bonchev–Trinajstić information content (AvgIpc) is 2.42. The standard InChI is InChI=1S/C13H16O6/c1-18-10(14)7-6-8-4-3-5-9(12(8)19-2)11(15)13(16)17/h3-5,11,15H,6-7H2,1-2H3,(H,16,17). The number of hydrogen-bond donors (Lipinski definition) is 2. The highest BCUT2D eigenvalue weighted by molar-refractivity contribution is 5.75. The number of carboxylic acids is 1. The van der Waals surface area contributed by atoms with Gasteiger partial charge in [0.25, 0.3) is 0 Å². The number of aliphatic hydroxyl groups is 1. The molecule has 0 bridgehead atoms. The van der Waals surface area contributed by atoms with Gasteiger partial charge in [-0.05, 0) is 12.0 Å². The summed E-state index contributed by atoms with van der Waals surface area (Å²) in [4.78, 5) is 21.9. The van der Waals surface area contributed by atoms with E-state index in [4.69, 9.17) is 9.84 Å². The van der Waals surface area contributed by atoms with Gasteiger partial charge in [-0.1, -0.05) is 18.2 Å². The largest absolute Gasteiger partial charge is 0.496 e. The van der Waals surface area contributed by atoms with Crippen LogP contribution in [-0.4, -0.2) is 36.4 Å². The second-order valence-corrected chi connectivity index (χ2v) is 3.86. The molecule has 0 spiro atoms. The lowest BCUT2D eigenvalue weighted by Gasteiger charge is -2.15. The third-order valence-electron chi connectivity index (χ3n) is 2.69. The number of ether oxygens (including phenoxy) is 2. The monoisotopic (exact) mass is 268 g/mol. The molecule has 0 saturated carbocycles. The topological polar surface area (TPSA) is 93.1 Å². The zero-order valence-electron chi connectivity index (χ0n) is 10.8. The van der Waals surface area contributed by atoms with Gasteiger partial charge in [0, 0.05) is 12.0 Å². The molecule has 19 heavy (non-hydrogen) atoms. The Morgan fingerprint density at radius 1 is 1.32 bits per heavy atom. The first-order valence-electron chi connectivity index (χ1n) is 5.64. The summed E-state index contributed by atoms with van der Waals surface area (Å²) in [5.41, 5.74) is 0.808. The molecule has 2 N–H and O–H groups in total. The number of para-hydroxylation sites is 1. The fourth-order valence-corrected chi connectivity index (χ4v) is 1.74. The summed E-state index contributed by atoms with van der Waals surface area (Å²) in [7, 11) is 2.68. The molecule has 0 saturated heterocycles. The Balaban J connectivity index is 3.02. The van der Waals surface area contributed by atoms with Crippen molar-refractivity contribution in [2.45, 2.75) is 18.9 Å². The highest BCUT2D eigenvalue weighted by Crippen LogP contribution is 2.30. The SMILES string of the molecule is COC(=O)CCc1cccc(C(O)C(=O)O)c1OC. The molecule has 1 aromatic rings. The van der Waals surface area contributed by atoms with Gasteiger partial charge < -0.3 is 19.7 Å². The van der Waals surface area contributed by atoms with Crippen LogP contribution in [-0.2, 0) is 20.7 Å². The minimum atomic E-state index is -1.66. The number of hydrogen-bond acceptors (Lipinski definition) is 5. The Morgan fingerprint density at radius 3 is 2.53 bits per heavy atom. The van der Waals surface area contributed by atoms with E-state index in [1.165, 1.54) is 20.3 Å². The molecule has 0 aliphatic rings. The van der Waals surface area contributed by atoms with Crippen LogP contribution in [0, 0.1) is 0 Å². The third-order valence-corrected chi connectivity index (χ3v) is 2.69. The number of aliphatic hydroxyl groups excluding tert-OH is 1. The highest BCUT2D eigenvalue weighted by atomic mass is 16.5. The van der Waals surface area contributed by atoms with Crippen molar-refractivity contribution in [3.05, 3.63) is 29.3 Å². The molecule has 1 atom stereocenters. The average molecular weight is 268 g/mol. The van der Waals surface area contributed by atoms with E-state index >= 15 is 0 Å². The van der Waals surface area contributed by atoms with Crippen molar-refractivity contribution < 1.29 is 29.3 Å². The van der Waals surface area contributed by atoms with Crippen molar-refractivity contribution in [3.63, 3.8) is 0 Å². The number of methoxy groups -OCH3 is 2. The minimum absolute atomic E-state index is 0.152. The fraction of sp³-hybridized carbons (Fsp3) is 0.385. The number of rotatable bonds is 6. The summed E-state index contributed by atoms with van der Waals surface area (Å²) in [6, 6.07) is 4.79. The van der Waals surface area contributed by atoms with Crippen molar-refractivity contribution in [1.29, 1.82) is 0 Å². The smallest absolute Gasteiger partial charge is 0.337 e. The van der Waals surface area contributed by atoms with Crippen LogP contribution in [0.25, 0.3) is 0 Å². The number of benzene rings is 1. The highest BCUT2D eigenvalue weighted by Gasteiger charge is 2.22. The Labute approximate surface area is 110 Å². The second kappa shape index (κ2) is 6.75. The molecule has 1 unspecified atom stereocenters. The van der Waals surface area contributed by atoms with Crippen LogP contribution in [0.15, 0.2) is 18.2 Å². The molecule has 1 aromatic carbocycles. The van der Waals surface area contributed by atoms with Gasteiger partial charge in [-0.2, -0.15) is 0 Å². The number of aliphatic carboxylic acids is 1. The van der Waals surface area contributed by atoms with Crippen LogP contribution in [0.2, 0.25) is 0 Å². The Kier molecular flexibility index (Phi) is 5.32. The second-order valence-electron chi connectivity index (χ2n) is 3.86. The molecule has 1 rings (SSSR count). The first-order valence-corrected chi connectivity index (χ1v) is 5.64. The molecule has 0 heterocycles. The third kappa shape index (κ3) is 3.69. The van der Waals surface area contributed by atoms with E-state index in [9.17, 15) is 14.7 Å². The van der Waals surface area contributed by atoms with Crippen molar-refractivity contribution in [2.24, 2.45) is 0 Å².